The predicted molar refractivity (Wildman–Crippen MR) is 63.2 cm³/mol. The molecule has 0 spiro atoms. The van der Waals surface area contributed by atoms with Crippen molar-refractivity contribution in [3.8, 4) is 16.9 Å². The van der Waals surface area contributed by atoms with Crippen molar-refractivity contribution in [3.05, 3.63) is 52.8 Å². The highest BCUT2D eigenvalue weighted by Crippen LogP contribution is 2.31. The van der Waals surface area contributed by atoms with Crippen LogP contribution in [0.4, 0.5) is 4.39 Å². The molecule has 0 aliphatic carbocycles. The average Bonchev–Trinajstić information content (AvgIpc) is 2.26. The van der Waals surface area contributed by atoms with Crippen LogP contribution in [-0.2, 0) is 0 Å². The summed E-state index contributed by atoms with van der Waals surface area (Å²) in [4.78, 5) is 0. The Morgan fingerprint density at radius 3 is 2.56 bits per heavy atom. The van der Waals surface area contributed by atoms with Gasteiger partial charge in [-0.25, -0.2) is 4.39 Å². The number of hydrogen-bond acceptors (Lipinski definition) is 1. The molecule has 2 aromatic rings. The maximum Gasteiger partial charge on any atom is 0.134 e. The summed E-state index contributed by atoms with van der Waals surface area (Å²) in [5, 5.41) is 9.73. The number of aromatic hydroxyl groups is 1. The minimum Gasteiger partial charge on any atom is -0.506 e. The zero-order valence-corrected chi connectivity index (χ0v) is 9.42. The number of aryl methyl sites for hydroxylation is 1. The third-order valence-electron chi connectivity index (χ3n) is 2.38. The van der Waals surface area contributed by atoms with E-state index in [4.69, 9.17) is 11.6 Å². The molecule has 1 N–H and O–H groups in total. The predicted octanol–water partition coefficient (Wildman–Crippen LogP) is 4.16. The molecular formula is C13H10ClFO. The smallest absolute Gasteiger partial charge is 0.134 e. The highest BCUT2D eigenvalue weighted by Gasteiger charge is 2.07. The molecule has 0 saturated carbocycles. The highest BCUT2D eigenvalue weighted by atomic mass is 35.5. The molecule has 0 fully saturated rings. The second-order valence-corrected chi connectivity index (χ2v) is 4.06. The third-order valence-corrected chi connectivity index (χ3v) is 2.70. The Labute approximate surface area is 98.1 Å². The lowest BCUT2D eigenvalue weighted by molar-refractivity contribution is 0.476. The lowest BCUT2D eigenvalue weighted by Gasteiger charge is -2.06. The van der Waals surface area contributed by atoms with Crippen molar-refractivity contribution in [2.75, 3.05) is 0 Å². The Hall–Kier alpha value is -1.54. The maximum atomic E-state index is 13.6. The molecule has 0 radical (unpaired) electrons. The number of benzene rings is 2. The summed E-state index contributed by atoms with van der Waals surface area (Å²) in [5.41, 5.74) is 2.04. The largest absolute Gasteiger partial charge is 0.506 e. The third kappa shape index (κ3) is 2.02. The van der Waals surface area contributed by atoms with Crippen molar-refractivity contribution in [1.29, 1.82) is 0 Å². The normalized spacial score (nSPS) is 10.4. The van der Waals surface area contributed by atoms with Gasteiger partial charge in [-0.3, -0.25) is 0 Å². The molecule has 16 heavy (non-hydrogen) atoms. The van der Waals surface area contributed by atoms with Crippen LogP contribution in [0.5, 0.6) is 5.75 Å². The molecule has 0 aliphatic heterocycles. The quantitative estimate of drug-likeness (QED) is 0.788. The van der Waals surface area contributed by atoms with Gasteiger partial charge >= 0.3 is 0 Å². The summed E-state index contributed by atoms with van der Waals surface area (Å²) in [5.74, 6) is -0.354. The van der Waals surface area contributed by atoms with Crippen LogP contribution in [0.2, 0.25) is 5.02 Å². The molecule has 0 aromatic heterocycles. The van der Waals surface area contributed by atoms with Gasteiger partial charge in [0.2, 0.25) is 0 Å². The summed E-state index contributed by atoms with van der Waals surface area (Å²) in [6.07, 6.45) is 0. The molecule has 1 nitrogen and oxygen atoms in total. The highest BCUT2D eigenvalue weighted by molar-refractivity contribution is 6.32. The van der Waals surface area contributed by atoms with E-state index in [2.05, 4.69) is 0 Å². The van der Waals surface area contributed by atoms with E-state index >= 15 is 0 Å². The average molecular weight is 237 g/mol. The van der Waals surface area contributed by atoms with Gasteiger partial charge in [-0.2, -0.15) is 0 Å². The zero-order valence-electron chi connectivity index (χ0n) is 8.67. The van der Waals surface area contributed by atoms with Gasteiger partial charge in [-0.15, -0.1) is 0 Å². The van der Waals surface area contributed by atoms with E-state index in [1.165, 1.54) is 12.1 Å². The zero-order chi connectivity index (χ0) is 11.7. The molecule has 0 atom stereocenters. The van der Waals surface area contributed by atoms with Gasteiger partial charge in [-0.1, -0.05) is 29.3 Å². The van der Waals surface area contributed by atoms with E-state index in [-0.39, 0.29) is 16.6 Å². The van der Waals surface area contributed by atoms with Crippen molar-refractivity contribution in [2.45, 2.75) is 6.92 Å². The standard InChI is InChI=1S/C13H10ClFO/c1-8-2-5-12(15)10(6-8)9-3-4-11(14)13(16)7-9/h2-7,16H,1H3. The molecule has 0 heterocycles. The maximum absolute atomic E-state index is 13.6. The van der Waals surface area contributed by atoms with Crippen LogP contribution in [0.1, 0.15) is 5.56 Å². The topological polar surface area (TPSA) is 20.2 Å². The Bertz CT molecular complexity index is 537. The fourth-order valence-corrected chi connectivity index (χ4v) is 1.66. The first kappa shape index (κ1) is 11.0. The summed E-state index contributed by atoms with van der Waals surface area (Å²) < 4.78 is 13.6. The van der Waals surface area contributed by atoms with Gasteiger partial charge in [0, 0.05) is 5.56 Å². The number of halogens is 2. The molecule has 2 rings (SSSR count). The lowest BCUT2D eigenvalue weighted by Crippen LogP contribution is -1.85. The van der Waals surface area contributed by atoms with Crippen molar-refractivity contribution < 1.29 is 9.50 Å². The monoisotopic (exact) mass is 236 g/mol. The second kappa shape index (κ2) is 4.14. The van der Waals surface area contributed by atoms with Crippen LogP contribution < -0.4 is 0 Å². The van der Waals surface area contributed by atoms with Crippen LogP contribution in [-0.4, -0.2) is 5.11 Å². The van der Waals surface area contributed by atoms with E-state index in [9.17, 15) is 9.50 Å². The van der Waals surface area contributed by atoms with Crippen LogP contribution in [0.25, 0.3) is 11.1 Å². The van der Waals surface area contributed by atoms with Crippen LogP contribution >= 0.6 is 11.6 Å². The Kier molecular flexibility index (Phi) is 2.84. The first-order valence-electron chi connectivity index (χ1n) is 4.83. The van der Waals surface area contributed by atoms with Gasteiger partial charge in [0.05, 0.1) is 5.02 Å². The Morgan fingerprint density at radius 2 is 1.88 bits per heavy atom. The summed E-state index contributed by atoms with van der Waals surface area (Å²) in [7, 11) is 0. The molecular weight excluding hydrogens is 227 g/mol. The van der Waals surface area contributed by atoms with E-state index in [0.29, 0.717) is 11.1 Å². The van der Waals surface area contributed by atoms with Gasteiger partial charge in [-0.05, 0) is 36.8 Å². The SMILES string of the molecule is Cc1ccc(F)c(-c2ccc(Cl)c(O)c2)c1. The molecule has 82 valence electrons. The van der Waals surface area contributed by atoms with E-state index < -0.39 is 0 Å². The molecule has 0 amide bonds. The molecule has 0 bridgehead atoms. The number of rotatable bonds is 1. The molecule has 3 heteroatoms. The van der Waals surface area contributed by atoms with Crippen molar-refractivity contribution in [3.63, 3.8) is 0 Å². The van der Waals surface area contributed by atoms with Crippen molar-refractivity contribution in [1.82, 2.24) is 0 Å². The first-order valence-corrected chi connectivity index (χ1v) is 5.21. The molecule has 0 unspecified atom stereocenters. The van der Waals surface area contributed by atoms with Crippen molar-refractivity contribution >= 4 is 11.6 Å². The van der Waals surface area contributed by atoms with E-state index in [1.54, 1.807) is 24.3 Å². The lowest BCUT2D eigenvalue weighted by atomic mass is 10.0. The van der Waals surface area contributed by atoms with E-state index in [1.807, 2.05) is 6.92 Å². The van der Waals surface area contributed by atoms with Crippen LogP contribution in [0.3, 0.4) is 0 Å². The Morgan fingerprint density at radius 1 is 1.12 bits per heavy atom. The van der Waals surface area contributed by atoms with Gasteiger partial charge < -0.3 is 5.11 Å². The fourth-order valence-electron chi connectivity index (χ4n) is 1.54. The summed E-state index contributed by atoms with van der Waals surface area (Å²) >= 11 is 5.70. The van der Waals surface area contributed by atoms with E-state index in [0.717, 1.165) is 5.56 Å². The first-order chi connectivity index (χ1) is 7.58. The number of phenolic OH excluding ortho intramolecular Hbond substituents is 1. The fraction of sp³-hybridized carbons (Fsp3) is 0.0769. The number of hydrogen-bond donors (Lipinski definition) is 1. The molecule has 2 aromatic carbocycles. The minimum atomic E-state index is -0.313. The van der Waals surface area contributed by atoms with Gasteiger partial charge in [0.1, 0.15) is 11.6 Å². The van der Waals surface area contributed by atoms with Crippen LogP contribution in [0, 0.1) is 12.7 Å². The number of phenols is 1. The van der Waals surface area contributed by atoms with Gasteiger partial charge in [0.25, 0.3) is 0 Å². The summed E-state index contributed by atoms with van der Waals surface area (Å²) in [6, 6.07) is 9.54. The molecule has 0 saturated heterocycles. The van der Waals surface area contributed by atoms with Crippen LogP contribution in [0.15, 0.2) is 36.4 Å². The Balaban J connectivity index is 2.58. The summed E-state index contributed by atoms with van der Waals surface area (Å²) in [6.45, 7) is 1.89. The minimum absolute atomic E-state index is 0.0416. The van der Waals surface area contributed by atoms with Gasteiger partial charge in [0.15, 0.2) is 0 Å². The van der Waals surface area contributed by atoms with Crippen molar-refractivity contribution in [2.24, 2.45) is 0 Å². The molecule has 0 aliphatic rings. The second-order valence-electron chi connectivity index (χ2n) is 3.65.